The van der Waals surface area contributed by atoms with Crippen molar-refractivity contribution in [2.45, 2.75) is 380 Å². The minimum atomic E-state index is -4.95. The summed E-state index contributed by atoms with van der Waals surface area (Å²) in [5.74, 6) is -1.34. The number of phosphoric acid groups is 2. The second-order valence-electron chi connectivity index (χ2n) is 25.5. The van der Waals surface area contributed by atoms with E-state index in [2.05, 4.69) is 34.6 Å². The average molecular weight is 1310 g/mol. The predicted molar refractivity (Wildman–Crippen MR) is 358 cm³/mol. The van der Waals surface area contributed by atoms with Crippen LogP contribution < -0.4 is 0 Å². The Bertz CT molecular complexity index is 1720. The number of esters is 4. The fourth-order valence-electron chi connectivity index (χ4n) is 10.6. The molecule has 0 rings (SSSR count). The summed E-state index contributed by atoms with van der Waals surface area (Å²) in [5.41, 5.74) is 0. The topological polar surface area (TPSA) is 237 Å². The Morgan fingerprint density at radius 2 is 0.539 bits per heavy atom. The molecule has 0 spiro atoms. The van der Waals surface area contributed by atoms with Gasteiger partial charge in [-0.2, -0.15) is 0 Å². The van der Waals surface area contributed by atoms with Crippen LogP contribution >= 0.6 is 15.6 Å². The molecule has 528 valence electrons. The lowest BCUT2D eigenvalue weighted by Gasteiger charge is -2.21. The maximum absolute atomic E-state index is 13.0. The summed E-state index contributed by atoms with van der Waals surface area (Å²) in [6.07, 6.45) is 49.7. The van der Waals surface area contributed by atoms with Gasteiger partial charge in [0.2, 0.25) is 0 Å². The van der Waals surface area contributed by atoms with Crippen molar-refractivity contribution >= 4 is 39.5 Å². The molecule has 0 aromatic carbocycles. The van der Waals surface area contributed by atoms with Crippen LogP contribution in [0.25, 0.3) is 0 Å². The summed E-state index contributed by atoms with van der Waals surface area (Å²) >= 11 is 0. The number of hydrogen-bond acceptors (Lipinski definition) is 15. The number of carbonyl (C=O) groups is 4. The number of hydrogen-bond donors (Lipinski definition) is 3. The van der Waals surface area contributed by atoms with Crippen molar-refractivity contribution in [3.8, 4) is 0 Å². The number of aliphatic hydroxyl groups is 1. The molecule has 0 heterocycles. The van der Waals surface area contributed by atoms with Gasteiger partial charge in [-0.3, -0.25) is 37.3 Å². The molecular formula is C70H136O17P2. The number of aliphatic hydroxyl groups excluding tert-OH is 1. The molecule has 0 saturated carbocycles. The Labute approximate surface area is 543 Å². The Morgan fingerprint density at radius 3 is 0.798 bits per heavy atom. The van der Waals surface area contributed by atoms with Crippen LogP contribution in [-0.2, 0) is 65.4 Å². The molecule has 0 aromatic rings. The van der Waals surface area contributed by atoms with Crippen LogP contribution in [0.1, 0.15) is 362 Å². The van der Waals surface area contributed by atoms with E-state index >= 15 is 0 Å². The van der Waals surface area contributed by atoms with E-state index in [-0.39, 0.29) is 25.7 Å². The van der Waals surface area contributed by atoms with Crippen molar-refractivity contribution in [2.75, 3.05) is 39.6 Å². The van der Waals surface area contributed by atoms with Crippen molar-refractivity contribution in [2.24, 2.45) is 5.92 Å². The first kappa shape index (κ1) is 87.1. The number of unbranched alkanes of at least 4 members (excludes halogenated alkanes) is 41. The SMILES string of the molecule is CCCCCCCCCCCCCCCCCC(=O)O[C@H](COC(=O)CCCCCCCCCCC(C)CC)COP(=O)(O)OC[C@@H](O)COP(=O)(O)OC[C@@H](COC(=O)CCCCCCCCCCCC)OC(=O)CCCCCCCCCCCCCC. The van der Waals surface area contributed by atoms with E-state index in [1.54, 1.807) is 0 Å². The Hall–Kier alpha value is -1.94. The van der Waals surface area contributed by atoms with Gasteiger partial charge in [-0.15, -0.1) is 0 Å². The van der Waals surface area contributed by atoms with Gasteiger partial charge in [0.05, 0.1) is 26.4 Å². The maximum Gasteiger partial charge on any atom is 0.472 e. The third kappa shape index (κ3) is 63.2. The van der Waals surface area contributed by atoms with Crippen LogP contribution in [-0.4, -0.2) is 96.7 Å². The third-order valence-electron chi connectivity index (χ3n) is 16.6. The van der Waals surface area contributed by atoms with E-state index in [0.717, 1.165) is 95.8 Å². The van der Waals surface area contributed by atoms with Crippen molar-refractivity contribution in [3.63, 3.8) is 0 Å². The van der Waals surface area contributed by atoms with Crippen LogP contribution in [0.5, 0.6) is 0 Å². The monoisotopic (exact) mass is 1310 g/mol. The van der Waals surface area contributed by atoms with Gasteiger partial charge in [0.1, 0.15) is 19.3 Å². The van der Waals surface area contributed by atoms with Gasteiger partial charge < -0.3 is 33.8 Å². The lowest BCUT2D eigenvalue weighted by Crippen LogP contribution is -2.30. The first-order chi connectivity index (χ1) is 43.1. The summed E-state index contributed by atoms with van der Waals surface area (Å²) in [5, 5.41) is 10.6. The summed E-state index contributed by atoms with van der Waals surface area (Å²) in [6, 6.07) is 0. The zero-order chi connectivity index (χ0) is 65.6. The number of ether oxygens (including phenoxy) is 4. The highest BCUT2D eigenvalue weighted by atomic mass is 31.2. The molecule has 19 heteroatoms. The summed E-state index contributed by atoms with van der Waals surface area (Å²) in [6.45, 7) is 7.25. The molecule has 0 saturated heterocycles. The Morgan fingerprint density at radius 1 is 0.315 bits per heavy atom. The van der Waals surface area contributed by atoms with Gasteiger partial charge in [0.25, 0.3) is 0 Å². The molecule has 0 aliphatic carbocycles. The highest BCUT2D eigenvalue weighted by Crippen LogP contribution is 2.45. The highest BCUT2D eigenvalue weighted by molar-refractivity contribution is 7.47. The Balaban J connectivity index is 5.25. The van der Waals surface area contributed by atoms with Gasteiger partial charge in [-0.05, 0) is 31.6 Å². The largest absolute Gasteiger partial charge is 0.472 e. The standard InChI is InChI=1S/C70H136O17P2/c1-6-10-13-16-19-22-25-27-28-29-31-34-41-46-51-56-70(75)87-66(60-81-68(73)54-49-44-39-36-35-37-42-47-52-63(5)9-4)62-85-89(78,79)83-58-64(71)57-82-88(76,77)84-61-65(59-80-67(72)53-48-43-38-32-24-21-18-15-12-8-3)86-69(74)55-50-45-40-33-30-26-23-20-17-14-11-7-2/h63-66,71H,6-62H2,1-5H3,(H,76,77)(H,78,79)/t63?,64-,65+,66+/m0/s1. The molecule has 89 heavy (non-hydrogen) atoms. The van der Waals surface area contributed by atoms with E-state index < -0.39 is 97.5 Å². The Kier molecular flexibility index (Phi) is 62.1. The minimum absolute atomic E-state index is 0.108. The van der Waals surface area contributed by atoms with Gasteiger partial charge >= 0.3 is 39.5 Å². The van der Waals surface area contributed by atoms with Crippen LogP contribution in [0.2, 0.25) is 0 Å². The van der Waals surface area contributed by atoms with Crippen LogP contribution in [0.15, 0.2) is 0 Å². The molecule has 0 aromatic heterocycles. The normalized spacial score (nSPS) is 14.4. The van der Waals surface area contributed by atoms with Crippen molar-refractivity contribution in [1.82, 2.24) is 0 Å². The number of rotatable bonds is 70. The van der Waals surface area contributed by atoms with Crippen LogP contribution in [0.4, 0.5) is 0 Å². The molecule has 0 fully saturated rings. The lowest BCUT2D eigenvalue weighted by atomic mass is 9.99. The zero-order valence-electron chi connectivity index (χ0n) is 57.6. The summed E-state index contributed by atoms with van der Waals surface area (Å²) in [7, 11) is -9.90. The molecular weight excluding hydrogens is 1170 g/mol. The maximum atomic E-state index is 13.0. The third-order valence-corrected chi connectivity index (χ3v) is 18.5. The quantitative estimate of drug-likeness (QED) is 0.0222. The van der Waals surface area contributed by atoms with E-state index in [9.17, 15) is 43.2 Å². The molecule has 0 amide bonds. The van der Waals surface area contributed by atoms with Gasteiger partial charge in [-0.25, -0.2) is 9.13 Å². The smallest absolute Gasteiger partial charge is 0.462 e. The first-order valence-electron chi connectivity index (χ1n) is 36.7. The summed E-state index contributed by atoms with van der Waals surface area (Å²) in [4.78, 5) is 72.5. The first-order valence-corrected chi connectivity index (χ1v) is 39.7. The van der Waals surface area contributed by atoms with E-state index in [4.69, 9.17) is 37.0 Å². The lowest BCUT2D eigenvalue weighted by molar-refractivity contribution is -0.161. The molecule has 17 nitrogen and oxygen atoms in total. The molecule has 0 radical (unpaired) electrons. The summed E-state index contributed by atoms with van der Waals surface area (Å²) < 4.78 is 68.3. The molecule has 3 N–H and O–H groups in total. The molecule has 6 atom stereocenters. The number of carbonyl (C=O) groups excluding carboxylic acids is 4. The van der Waals surface area contributed by atoms with Crippen molar-refractivity contribution in [3.05, 3.63) is 0 Å². The molecule has 0 bridgehead atoms. The molecule has 0 aliphatic rings. The second-order valence-corrected chi connectivity index (χ2v) is 28.4. The minimum Gasteiger partial charge on any atom is -0.462 e. The van der Waals surface area contributed by atoms with Crippen molar-refractivity contribution in [1.29, 1.82) is 0 Å². The van der Waals surface area contributed by atoms with E-state index in [1.165, 1.54) is 186 Å². The van der Waals surface area contributed by atoms with Gasteiger partial charge in [0.15, 0.2) is 12.2 Å². The molecule has 3 unspecified atom stereocenters. The molecule has 0 aliphatic heterocycles. The zero-order valence-corrected chi connectivity index (χ0v) is 59.4. The van der Waals surface area contributed by atoms with Gasteiger partial charge in [-0.1, -0.05) is 311 Å². The second kappa shape index (κ2) is 63.5. The fourth-order valence-corrected chi connectivity index (χ4v) is 12.2. The predicted octanol–water partition coefficient (Wildman–Crippen LogP) is 20.1. The van der Waals surface area contributed by atoms with Crippen molar-refractivity contribution < 1.29 is 80.2 Å². The van der Waals surface area contributed by atoms with Crippen LogP contribution in [0.3, 0.4) is 0 Å². The van der Waals surface area contributed by atoms with Crippen LogP contribution in [0, 0.1) is 5.92 Å². The fraction of sp³-hybridized carbons (Fsp3) is 0.943. The number of phosphoric ester groups is 2. The van der Waals surface area contributed by atoms with Gasteiger partial charge in [0, 0.05) is 25.7 Å². The highest BCUT2D eigenvalue weighted by Gasteiger charge is 2.30. The average Bonchev–Trinajstić information content (AvgIpc) is 3.68. The van der Waals surface area contributed by atoms with E-state index in [1.807, 2.05) is 0 Å². The van der Waals surface area contributed by atoms with E-state index in [0.29, 0.717) is 25.7 Å².